The number of amides is 3. The molecule has 3 unspecified atom stereocenters. The minimum absolute atomic E-state index is 0.0113. The van der Waals surface area contributed by atoms with Gasteiger partial charge in [0.2, 0.25) is 11.8 Å². The molecule has 1 aliphatic carbocycles. The maximum absolute atomic E-state index is 14.5. The summed E-state index contributed by atoms with van der Waals surface area (Å²) in [7, 11) is 0. The molecular formula is C32H45N3O5. The quantitative estimate of drug-likeness (QED) is 0.354. The number of benzene rings is 2. The van der Waals surface area contributed by atoms with Gasteiger partial charge in [-0.1, -0.05) is 68.7 Å². The molecule has 3 amide bonds. The third kappa shape index (κ3) is 9.00. The largest absolute Gasteiger partial charge is 0.508 e. The molecule has 2 aromatic carbocycles. The lowest BCUT2D eigenvalue weighted by molar-refractivity contribution is -0.145. The fraction of sp³-hybridized carbons (Fsp3) is 0.531. The number of hydrogen-bond donors (Lipinski definition) is 3. The van der Waals surface area contributed by atoms with Crippen molar-refractivity contribution in [2.24, 2.45) is 0 Å². The number of phenolic OH excluding ortho intramolecular Hbond substituents is 1. The number of rotatable bonds is 10. The first-order valence-corrected chi connectivity index (χ1v) is 14.4. The summed E-state index contributed by atoms with van der Waals surface area (Å²) < 4.78 is 5.50. The molecule has 0 aromatic heterocycles. The molecule has 1 fully saturated rings. The highest BCUT2D eigenvalue weighted by molar-refractivity contribution is 5.92. The number of nitrogens with one attached hydrogen (secondary N) is 2. The zero-order valence-corrected chi connectivity index (χ0v) is 24.5. The van der Waals surface area contributed by atoms with Crippen LogP contribution in [0.1, 0.15) is 90.3 Å². The van der Waals surface area contributed by atoms with Crippen LogP contribution in [0, 0.1) is 0 Å². The van der Waals surface area contributed by atoms with Gasteiger partial charge in [-0.25, -0.2) is 4.79 Å². The second kappa shape index (κ2) is 14.2. The third-order valence-corrected chi connectivity index (χ3v) is 7.26. The van der Waals surface area contributed by atoms with E-state index < -0.39 is 29.7 Å². The van der Waals surface area contributed by atoms with Gasteiger partial charge < -0.3 is 25.4 Å². The standard InChI is InChI=1S/C32H45N3O5/c1-6-22(2)35(28(24-16-13-19-26(36)21-24)29(37)33-25-17-11-8-12-18-25)30(38)27(20-23-14-9-7-10-15-23)34-31(39)40-32(3,4)5/h7,9-10,13-16,19,21-22,25,27-28,36H,6,8,11-12,17-18,20H2,1-5H3,(H,33,37)(H,34,39). The van der Waals surface area contributed by atoms with Crippen molar-refractivity contribution in [1.29, 1.82) is 0 Å². The number of nitrogens with zero attached hydrogens (tertiary/aromatic N) is 1. The lowest BCUT2D eigenvalue weighted by Crippen LogP contribution is -2.56. The lowest BCUT2D eigenvalue weighted by atomic mass is 9.94. The number of phenols is 1. The third-order valence-electron chi connectivity index (χ3n) is 7.26. The number of carbonyl (C=O) groups is 3. The van der Waals surface area contributed by atoms with Crippen molar-refractivity contribution < 1.29 is 24.2 Å². The number of hydrogen-bond acceptors (Lipinski definition) is 5. The molecule has 0 heterocycles. The Bertz CT molecular complexity index is 1120. The van der Waals surface area contributed by atoms with E-state index in [0.29, 0.717) is 12.0 Å². The van der Waals surface area contributed by atoms with Crippen LogP contribution in [0.4, 0.5) is 4.79 Å². The topological polar surface area (TPSA) is 108 Å². The van der Waals surface area contributed by atoms with Crippen molar-refractivity contribution in [3.05, 3.63) is 65.7 Å². The van der Waals surface area contributed by atoms with Crippen LogP contribution in [0.3, 0.4) is 0 Å². The summed E-state index contributed by atoms with van der Waals surface area (Å²) in [6.45, 7) is 9.14. The number of alkyl carbamates (subject to hydrolysis) is 1. The highest BCUT2D eigenvalue weighted by atomic mass is 16.6. The van der Waals surface area contributed by atoms with Gasteiger partial charge in [-0.15, -0.1) is 0 Å². The van der Waals surface area contributed by atoms with Crippen LogP contribution in [0.2, 0.25) is 0 Å². The molecule has 3 N–H and O–H groups in total. The Hall–Kier alpha value is -3.55. The average molecular weight is 552 g/mol. The van der Waals surface area contributed by atoms with E-state index in [2.05, 4.69) is 10.6 Å². The van der Waals surface area contributed by atoms with E-state index >= 15 is 0 Å². The van der Waals surface area contributed by atoms with Gasteiger partial charge in [0, 0.05) is 18.5 Å². The normalized spacial score (nSPS) is 16.3. The zero-order chi connectivity index (χ0) is 29.3. The van der Waals surface area contributed by atoms with Crippen LogP contribution in [-0.2, 0) is 20.7 Å². The molecule has 0 saturated heterocycles. The van der Waals surface area contributed by atoms with E-state index in [1.54, 1.807) is 37.8 Å². The van der Waals surface area contributed by atoms with Crippen LogP contribution in [0.5, 0.6) is 5.75 Å². The van der Waals surface area contributed by atoms with Crippen molar-refractivity contribution in [3.8, 4) is 5.75 Å². The summed E-state index contributed by atoms with van der Waals surface area (Å²) in [5.74, 6) is -0.671. The van der Waals surface area contributed by atoms with Crippen molar-refractivity contribution in [2.75, 3.05) is 0 Å². The molecule has 8 nitrogen and oxygen atoms in total. The second-order valence-corrected chi connectivity index (χ2v) is 11.7. The Morgan fingerprint density at radius 1 is 1.02 bits per heavy atom. The van der Waals surface area contributed by atoms with Crippen LogP contribution < -0.4 is 10.6 Å². The van der Waals surface area contributed by atoms with Gasteiger partial charge in [-0.05, 0) is 70.2 Å². The number of ether oxygens (including phenoxy) is 1. The van der Waals surface area contributed by atoms with E-state index in [-0.39, 0.29) is 30.2 Å². The summed E-state index contributed by atoms with van der Waals surface area (Å²) in [5.41, 5.74) is 0.629. The summed E-state index contributed by atoms with van der Waals surface area (Å²) in [4.78, 5) is 42.9. The Balaban J connectivity index is 2.02. The van der Waals surface area contributed by atoms with Gasteiger partial charge in [-0.2, -0.15) is 0 Å². The Kier molecular flexibility index (Phi) is 11.0. The van der Waals surface area contributed by atoms with Crippen LogP contribution >= 0.6 is 0 Å². The second-order valence-electron chi connectivity index (χ2n) is 11.7. The average Bonchev–Trinajstić information content (AvgIpc) is 2.90. The Morgan fingerprint density at radius 2 is 1.70 bits per heavy atom. The predicted molar refractivity (Wildman–Crippen MR) is 156 cm³/mol. The summed E-state index contributed by atoms with van der Waals surface area (Å²) in [6.07, 6.45) is 5.15. The summed E-state index contributed by atoms with van der Waals surface area (Å²) in [6, 6.07) is 13.7. The Labute approximate surface area is 238 Å². The number of carbonyl (C=O) groups excluding carboxylic acids is 3. The van der Waals surface area contributed by atoms with Gasteiger partial charge in [-0.3, -0.25) is 9.59 Å². The van der Waals surface area contributed by atoms with Crippen LogP contribution in [0.25, 0.3) is 0 Å². The van der Waals surface area contributed by atoms with Gasteiger partial charge in [0.05, 0.1) is 0 Å². The van der Waals surface area contributed by atoms with Gasteiger partial charge >= 0.3 is 6.09 Å². The minimum Gasteiger partial charge on any atom is -0.508 e. The van der Waals surface area contributed by atoms with E-state index in [9.17, 15) is 19.5 Å². The molecule has 8 heteroatoms. The maximum atomic E-state index is 14.5. The predicted octanol–water partition coefficient (Wildman–Crippen LogP) is 5.65. The maximum Gasteiger partial charge on any atom is 0.408 e. The first-order valence-electron chi connectivity index (χ1n) is 14.4. The minimum atomic E-state index is -0.991. The molecule has 3 atom stereocenters. The van der Waals surface area contributed by atoms with Crippen molar-refractivity contribution in [1.82, 2.24) is 15.5 Å². The monoisotopic (exact) mass is 551 g/mol. The molecular weight excluding hydrogens is 506 g/mol. The lowest BCUT2D eigenvalue weighted by Gasteiger charge is -2.39. The molecule has 218 valence electrons. The fourth-order valence-corrected chi connectivity index (χ4v) is 5.14. The molecule has 0 radical (unpaired) electrons. The van der Waals surface area contributed by atoms with Crippen molar-refractivity contribution in [2.45, 2.75) is 109 Å². The first kappa shape index (κ1) is 31.0. The number of aromatic hydroxyl groups is 1. The fourth-order valence-electron chi connectivity index (χ4n) is 5.14. The SMILES string of the molecule is CCC(C)N(C(=O)C(Cc1ccccc1)NC(=O)OC(C)(C)C)C(C(=O)NC1CCCCC1)c1cccc(O)c1. The van der Waals surface area contributed by atoms with Crippen LogP contribution in [0.15, 0.2) is 54.6 Å². The first-order chi connectivity index (χ1) is 19.0. The van der Waals surface area contributed by atoms with Crippen LogP contribution in [-0.4, -0.2) is 51.6 Å². The highest BCUT2D eigenvalue weighted by Gasteiger charge is 2.39. The van der Waals surface area contributed by atoms with E-state index in [4.69, 9.17) is 4.74 Å². The molecule has 3 rings (SSSR count). The van der Waals surface area contributed by atoms with E-state index in [0.717, 1.165) is 37.7 Å². The van der Waals surface area contributed by atoms with Gasteiger partial charge in [0.25, 0.3) is 0 Å². The van der Waals surface area contributed by atoms with Crippen molar-refractivity contribution in [3.63, 3.8) is 0 Å². The summed E-state index contributed by atoms with van der Waals surface area (Å²) >= 11 is 0. The zero-order valence-electron chi connectivity index (χ0n) is 24.5. The summed E-state index contributed by atoms with van der Waals surface area (Å²) in [5, 5.41) is 16.3. The molecule has 1 saturated carbocycles. The van der Waals surface area contributed by atoms with E-state index in [1.165, 1.54) is 12.1 Å². The highest BCUT2D eigenvalue weighted by Crippen LogP contribution is 2.30. The molecule has 40 heavy (non-hydrogen) atoms. The smallest absolute Gasteiger partial charge is 0.408 e. The van der Waals surface area contributed by atoms with Crippen molar-refractivity contribution >= 4 is 17.9 Å². The molecule has 0 aliphatic heterocycles. The molecule has 0 spiro atoms. The molecule has 2 aromatic rings. The molecule has 0 bridgehead atoms. The Morgan fingerprint density at radius 3 is 2.30 bits per heavy atom. The van der Waals surface area contributed by atoms with E-state index in [1.807, 2.05) is 44.2 Å². The van der Waals surface area contributed by atoms with Gasteiger partial charge in [0.1, 0.15) is 23.4 Å². The molecule has 1 aliphatic rings. The van der Waals surface area contributed by atoms with Gasteiger partial charge in [0.15, 0.2) is 0 Å².